The number of anilines is 1. The minimum atomic E-state index is 0.165. The van der Waals surface area contributed by atoms with Gasteiger partial charge in [-0.3, -0.25) is 4.98 Å². The Kier molecular flexibility index (Phi) is 5.34. The third kappa shape index (κ3) is 4.32. The van der Waals surface area contributed by atoms with Gasteiger partial charge < -0.3 is 15.8 Å². The van der Waals surface area contributed by atoms with Gasteiger partial charge in [0.1, 0.15) is 11.7 Å². The summed E-state index contributed by atoms with van der Waals surface area (Å²) in [4.78, 5) is 10.4. The summed E-state index contributed by atoms with van der Waals surface area (Å²) in [5.74, 6) is 0.826. The average molecular weight is 306 g/mol. The molecule has 6 nitrogen and oxygen atoms in total. The predicted molar refractivity (Wildman–Crippen MR) is 82.6 cm³/mol. The largest absolute Gasteiger partial charge is 0.409 e. The van der Waals surface area contributed by atoms with Gasteiger partial charge in [0.05, 0.1) is 5.02 Å². The van der Waals surface area contributed by atoms with Crippen LogP contribution in [0.4, 0.5) is 5.82 Å². The average Bonchev–Trinajstić information content (AvgIpc) is 2.52. The Morgan fingerprint density at radius 1 is 1.33 bits per heavy atom. The summed E-state index contributed by atoms with van der Waals surface area (Å²) >= 11 is 6.20. The number of hydrogen-bond acceptors (Lipinski definition) is 5. The summed E-state index contributed by atoms with van der Waals surface area (Å²) in [6, 6.07) is 7.40. The standard InChI is InChI=1S/C14H16ClN5O/c15-12-4-2-7-18-14(12)20(8-5-13(16)19-21)10-11-3-1-6-17-9-11/h1-4,6-7,9,21H,5,8,10H2,(H2,16,19). The first kappa shape index (κ1) is 15.1. The van der Waals surface area contributed by atoms with E-state index in [4.69, 9.17) is 22.5 Å². The molecule has 7 heteroatoms. The highest BCUT2D eigenvalue weighted by Gasteiger charge is 2.13. The zero-order chi connectivity index (χ0) is 15.1. The molecular weight excluding hydrogens is 290 g/mol. The van der Waals surface area contributed by atoms with E-state index < -0.39 is 0 Å². The topological polar surface area (TPSA) is 87.6 Å². The van der Waals surface area contributed by atoms with Crippen molar-refractivity contribution in [2.24, 2.45) is 10.9 Å². The van der Waals surface area contributed by atoms with Crippen LogP contribution < -0.4 is 10.6 Å². The number of oxime groups is 1. The summed E-state index contributed by atoms with van der Waals surface area (Å²) in [7, 11) is 0. The maximum Gasteiger partial charge on any atom is 0.147 e. The molecule has 2 aromatic rings. The lowest BCUT2D eigenvalue weighted by Gasteiger charge is -2.24. The van der Waals surface area contributed by atoms with E-state index in [1.807, 2.05) is 17.0 Å². The molecule has 0 bridgehead atoms. The van der Waals surface area contributed by atoms with Crippen LogP contribution in [0.3, 0.4) is 0 Å². The highest BCUT2D eigenvalue weighted by Crippen LogP contribution is 2.24. The minimum absolute atomic E-state index is 0.165. The second-order valence-electron chi connectivity index (χ2n) is 4.43. The molecule has 110 valence electrons. The van der Waals surface area contributed by atoms with Crippen LogP contribution in [0, 0.1) is 0 Å². The Bertz CT molecular complexity index is 605. The highest BCUT2D eigenvalue weighted by molar-refractivity contribution is 6.32. The van der Waals surface area contributed by atoms with Gasteiger partial charge >= 0.3 is 0 Å². The molecule has 0 unspecified atom stereocenters. The van der Waals surface area contributed by atoms with Crippen molar-refractivity contribution in [1.82, 2.24) is 9.97 Å². The molecule has 21 heavy (non-hydrogen) atoms. The Hall–Kier alpha value is -2.34. The summed E-state index contributed by atoms with van der Waals surface area (Å²) in [6.07, 6.45) is 5.59. The van der Waals surface area contributed by atoms with E-state index in [0.717, 1.165) is 5.56 Å². The van der Waals surface area contributed by atoms with Crippen LogP contribution in [0.25, 0.3) is 0 Å². The number of pyridine rings is 2. The third-order valence-electron chi connectivity index (χ3n) is 2.90. The first-order chi connectivity index (χ1) is 10.2. The summed E-state index contributed by atoms with van der Waals surface area (Å²) < 4.78 is 0. The van der Waals surface area contributed by atoms with Crippen LogP contribution in [0.2, 0.25) is 5.02 Å². The molecule has 2 heterocycles. The first-order valence-electron chi connectivity index (χ1n) is 6.41. The van der Waals surface area contributed by atoms with Crippen molar-refractivity contribution < 1.29 is 5.21 Å². The zero-order valence-corrected chi connectivity index (χ0v) is 12.1. The summed E-state index contributed by atoms with van der Waals surface area (Å²) in [5, 5.41) is 12.2. The second kappa shape index (κ2) is 7.44. The molecule has 0 aliphatic heterocycles. The number of nitrogens with zero attached hydrogens (tertiary/aromatic N) is 4. The van der Waals surface area contributed by atoms with Crippen molar-refractivity contribution in [3.8, 4) is 0 Å². The minimum Gasteiger partial charge on any atom is -0.409 e. The second-order valence-corrected chi connectivity index (χ2v) is 4.84. The molecule has 0 radical (unpaired) electrons. The molecule has 3 N–H and O–H groups in total. The molecule has 0 spiro atoms. The van der Waals surface area contributed by atoms with Gasteiger partial charge in [0.2, 0.25) is 0 Å². The van der Waals surface area contributed by atoms with Crippen LogP contribution in [-0.4, -0.2) is 27.6 Å². The lowest BCUT2D eigenvalue weighted by Crippen LogP contribution is -2.28. The van der Waals surface area contributed by atoms with Crippen molar-refractivity contribution >= 4 is 23.3 Å². The quantitative estimate of drug-likeness (QED) is 0.370. The zero-order valence-electron chi connectivity index (χ0n) is 11.4. The molecule has 0 fully saturated rings. The molecular formula is C14H16ClN5O. The van der Waals surface area contributed by atoms with Gasteiger partial charge in [0.15, 0.2) is 0 Å². The number of hydrogen-bond donors (Lipinski definition) is 2. The lowest BCUT2D eigenvalue weighted by molar-refractivity contribution is 0.317. The van der Waals surface area contributed by atoms with Gasteiger partial charge in [-0.25, -0.2) is 4.98 Å². The van der Waals surface area contributed by atoms with E-state index in [2.05, 4.69) is 15.1 Å². The van der Waals surface area contributed by atoms with Gasteiger partial charge in [-0.05, 0) is 23.8 Å². The Morgan fingerprint density at radius 2 is 2.14 bits per heavy atom. The maximum absolute atomic E-state index is 8.66. The van der Waals surface area contributed by atoms with E-state index in [0.29, 0.717) is 30.4 Å². The van der Waals surface area contributed by atoms with Crippen molar-refractivity contribution in [2.45, 2.75) is 13.0 Å². The predicted octanol–water partition coefficient (Wildman–Crippen LogP) is 2.27. The number of nitrogens with two attached hydrogens (primary N) is 1. The maximum atomic E-state index is 8.66. The van der Waals surface area contributed by atoms with Crippen LogP contribution in [0.1, 0.15) is 12.0 Å². The number of rotatable bonds is 6. The smallest absolute Gasteiger partial charge is 0.147 e. The van der Waals surface area contributed by atoms with Crippen LogP contribution in [0.5, 0.6) is 0 Å². The first-order valence-corrected chi connectivity index (χ1v) is 6.79. The van der Waals surface area contributed by atoms with E-state index in [1.165, 1.54) is 0 Å². The fourth-order valence-electron chi connectivity index (χ4n) is 1.88. The van der Waals surface area contributed by atoms with E-state index in [1.54, 1.807) is 30.7 Å². The van der Waals surface area contributed by atoms with Gasteiger partial charge in [-0.1, -0.05) is 22.8 Å². The lowest BCUT2D eigenvalue weighted by atomic mass is 10.2. The molecule has 2 aromatic heterocycles. The molecule has 0 aromatic carbocycles. The highest BCUT2D eigenvalue weighted by atomic mass is 35.5. The third-order valence-corrected chi connectivity index (χ3v) is 3.20. The van der Waals surface area contributed by atoms with Gasteiger partial charge in [-0.15, -0.1) is 0 Å². The molecule has 0 aliphatic rings. The van der Waals surface area contributed by atoms with Crippen LogP contribution >= 0.6 is 11.6 Å². The van der Waals surface area contributed by atoms with E-state index in [9.17, 15) is 0 Å². The number of amidine groups is 1. The van der Waals surface area contributed by atoms with Gasteiger partial charge in [0.25, 0.3) is 0 Å². The van der Waals surface area contributed by atoms with Crippen molar-refractivity contribution in [2.75, 3.05) is 11.4 Å². The van der Waals surface area contributed by atoms with Crippen molar-refractivity contribution in [3.63, 3.8) is 0 Å². The van der Waals surface area contributed by atoms with Gasteiger partial charge in [0, 0.05) is 38.1 Å². The van der Waals surface area contributed by atoms with Crippen LogP contribution in [-0.2, 0) is 6.54 Å². The monoisotopic (exact) mass is 305 g/mol. The molecule has 0 atom stereocenters. The molecule has 0 aliphatic carbocycles. The van der Waals surface area contributed by atoms with Crippen LogP contribution in [0.15, 0.2) is 48.0 Å². The van der Waals surface area contributed by atoms with E-state index >= 15 is 0 Å². The molecule has 0 saturated heterocycles. The SMILES string of the molecule is N/C(CCN(Cc1cccnc1)c1ncccc1Cl)=N\O. The van der Waals surface area contributed by atoms with Gasteiger partial charge in [-0.2, -0.15) is 0 Å². The van der Waals surface area contributed by atoms with Crippen molar-refractivity contribution in [1.29, 1.82) is 0 Å². The molecule has 0 amide bonds. The Balaban J connectivity index is 2.20. The van der Waals surface area contributed by atoms with Crippen molar-refractivity contribution in [3.05, 3.63) is 53.4 Å². The van der Waals surface area contributed by atoms with E-state index in [-0.39, 0.29) is 5.84 Å². The summed E-state index contributed by atoms with van der Waals surface area (Å²) in [6.45, 7) is 1.12. The fraction of sp³-hybridized carbons (Fsp3) is 0.214. The normalized spacial score (nSPS) is 11.4. The number of aromatic nitrogens is 2. The molecule has 0 saturated carbocycles. The molecule has 2 rings (SSSR count). The summed E-state index contributed by atoms with van der Waals surface area (Å²) in [5.41, 5.74) is 6.56. The Labute approximate surface area is 127 Å². The fourth-order valence-corrected chi connectivity index (χ4v) is 2.12. The number of halogens is 1. The Morgan fingerprint density at radius 3 is 2.81 bits per heavy atom.